The van der Waals surface area contributed by atoms with Crippen molar-refractivity contribution in [3.05, 3.63) is 82.5 Å². The summed E-state index contributed by atoms with van der Waals surface area (Å²) in [4.78, 5) is 38.3. The molecule has 0 spiro atoms. The van der Waals surface area contributed by atoms with Crippen molar-refractivity contribution >= 4 is 23.3 Å². The number of amides is 2. The van der Waals surface area contributed by atoms with Crippen molar-refractivity contribution in [2.75, 3.05) is 49.6 Å². The molecule has 3 atom stereocenters. The Morgan fingerprint density at radius 2 is 1.67 bits per heavy atom. The lowest BCUT2D eigenvalue weighted by Gasteiger charge is -2.40. The quantitative estimate of drug-likeness (QED) is 0.409. The summed E-state index contributed by atoms with van der Waals surface area (Å²) >= 11 is 0. The van der Waals surface area contributed by atoms with Gasteiger partial charge in [-0.3, -0.25) is 9.59 Å². The molecule has 2 unspecified atom stereocenters. The number of hydrogen-bond acceptors (Lipinski definition) is 7. The number of nitrogens with one attached hydrogen (secondary N) is 2. The van der Waals surface area contributed by atoms with E-state index in [9.17, 15) is 9.59 Å². The molecular weight excluding hydrogens is 564 g/mol. The Balaban J connectivity index is 0.939. The van der Waals surface area contributed by atoms with E-state index in [1.807, 2.05) is 38.1 Å². The largest absolute Gasteiger partial charge is 0.493 e. The molecule has 3 fully saturated rings. The van der Waals surface area contributed by atoms with E-state index in [2.05, 4.69) is 56.6 Å². The van der Waals surface area contributed by atoms with E-state index in [0.717, 1.165) is 81.0 Å². The van der Waals surface area contributed by atoms with Crippen LogP contribution in [-0.2, 0) is 6.42 Å². The second-order valence-corrected chi connectivity index (χ2v) is 13.2. The summed E-state index contributed by atoms with van der Waals surface area (Å²) < 4.78 is 5.78. The van der Waals surface area contributed by atoms with E-state index in [1.165, 1.54) is 11.3 Å². The Morgan fingerprint density at radius 1 is 0.933 bits per heavy atom. The highest BCUT2D eigenvalue weighted by atomic mass is 16.5. The number of anilines is 2. The van der Waals surface area contributed by atoms with Gasteiger partial charge in [-0.1, -0.05) is 18.2 Å². The molecule has 2 amide bonds. The fraction of sp³-hybridized carbons (Fsp3) is 0.472. The topological polar surface area (TPSA) is 90.0 Å². The van der Waals surface area contributed by atoms with Gasteiger partial charge >= 0.3 is 0 Å². The molecule has 4 aliphatic heterocycles. The third-order valence-corrected chi connectivity index (χ3v) is 10.3. The van der Waals surface area contributed by atoms with Gasteiger partial charge in [0.1, 0.15) is 11.6 Å². The van der Waals surface area contributed by atoms with Gasteiger partial charge in [-0.05, 0) is 88.0 Å². The zero-order chi connectivity index (χ0) is 31.1. The lowest BCUT2D eigenvalue weighted by atomic mass is 9.96. The minimum Gasteiger partial charge on any atom is -0.493 e. The predicted molar refractivity (Wildman–Crippen MR) is 176 cm³/mol. The first-order valence-corrected chi connectivity index (χ1v) is 16.5. The molecule has 0 saturated carbocycles. The Kier molecular flexibility index (Phi) is 8.12. The number of carbonyl (C=O) groups is 2. The highest BCUT2D eigenvalue weighted by Crippen LogP contribution is 2.39. The van der Waals surface area contributed by atoms with Crippen LogP contribution in [0.2, 0.25) is 0 Å². The average Bonchev–Trinajstić information content (AvgIpc) is 3.64. The lowest BCUT2D eigenvalue weighted by molar-refractivity contribution is 0.0922. The van der Waals surface area contributed by atoms with Crippen molar-refractivity contribution in [1.29, 1.82) is 0 Å². The van der Waals surface area contributed by atoms with Crippen molar-refractivity contribution in [2.45, 2.75) is 70.1 Å². The zero-order valence-electron chi connectivity index (χ0n) is 26.6. The number of piperidine rings is 1. The van der Waals surface area contributed by atoms with Crippen LogP contribution in [0.15, 0.2) is 54.7 Å². The van der Waals surface area contributed by atoms with E-state index in [4.69, 9.17) is 9.72 Å². The van der Waals surface area contributed by atoms with Gasteiger partial charge in [-0.25, -0.2) is 4.98 Å². The Labute approximate surface area is 265 Å². The van der Waals surface area contributed by atoms with Crippen molar-refractivity contribution in [3.8, 4) is 5.75 Å². The maximum atomic E-state index is 13.2. The molecule has 2 N–H and O–H groups in total. The Bertz CT molecular complexity index is 1540. The molecule has 0 aliphatic carbocycles. The highest BCUT2D eigenvalue weighted by Gasteiger charge is 2.42. The van der Waals surface area contributed by atoms with Crippen LogP contribution in [-0.4, -0.2) is 79.7 Å². The summed E-state index contributed by atoms with van der Waals surface area (Å²) in [6.45, 7) is 8.90. The fourth-order valence-electron chi connectivity index (χ4n) is 7.66. The smallest absolute Gasteiger partial charge is 0.253 e. The molecule has 4 aliphatic rings. The highest BCUT2D eigenvalue weighted by molar-refractivity contribution is 5.97. The monoisotopic (exact) mass is 608 g/mol. The van der Waals surface area contributed by atoms with Crippen LogP contribution in [0, 0.1) is 6.92 Å². The molecule has 5 heterocycles. The molecule has 9 heteroatoms. The van der Waals surface area contributed by atoms with Crippen LogP contribution in [0.4, 0.5) is 11.5 Å². The van der Waals surface area contributed by atoms with Gasteiger partial charge < -0.3 is 30.1 Å². The molecule has 45 heavy (non-hydrogen) atoms. The average molecular weight is 609 g/mol. The van der Waals surface area contributed by atoms with Crippen LogP contribution in [0.25, 0.3) is 0 Å². The van der Waals surface area contributed by atoms with E-state index in [-0.39, 0.29) is 23.9 Å². The van der Waals surface area contributed by atoms with Gasteiger partial charge in [0.25, 0.3) is 11.8 Å². The molecule has 0 radical (unpaired) electrons. The van der Waals surface area contributed by atoms with E-state index in [0.29, 0.717) is 29.8 Å². The van der Waals surface area contributed by atoms with Crippen molar-refractivity contribution in [1.82, 2.24) is 20.5 Å². The van der Waals surface area contributed by atoms with Crippen LogP contribution in [0.5, 0.6) is 5.75 Å². The number of likely N-dealkylation sites (N-methyl/N-ethyl adjacent to an activating group) is 1. The summed E-state index contributed by atoms with van der Waals surface area (Å²) in [5.74, 6) is 1.65. The normalized spacial score (nSPS) is 23.3. The molecule has 3 saturated heterocycles. The second-order valence-electron chi connectivity index (χ2n) is 13.2. The number of pyridine rings is 1. The summed E-state index contributed by atoms with van der Waals surface area (Å²) in [5, 5.41) is 6.46. The molecule has 3 aromatic rings. The number of benzene rings is 2. The SMILES string of the molecule is Cc1c(C(=O)NC2CC3CCC(C2)N3c2ccc(C(=O)N[C@@H](C)c3ccc(N4CCN(C)CC4)cc3)cn2)ccc2c1OCC2. The van der Waals surface area contributed by atoms with Crippen LogP contribution in [0.1, 0.15) is 76.1 Å². The minimum atomic E-state index is -0.124. The maximum absolute atomic E-state index is 13.2. The van der Waals surface area contributed by atoms with E-state index < -0.39 is 0 Å². The van der Waals surface area contributed by atoms with Crippen molar-refractivity contribution in [2.24, 2.45) is 0 Å². The zero-order valence-corrected chi connectivity index (χ0v) is 26.6. The number of hydrogen-bond donors (Lipinski definition) is 2. The third-order valence-electron chi connectivity index (χ3n) is 10.3. The summed E-state index contributed by atoms with van der Waals surface area (Å²) in [7, 11) is 2.16. The first-order valence-electron chi connectivity index (χ1n) is 16.5. The lowest BCUT2D eigenvalue weighted by Crippen LogP contribution is -2.50. The maximum Gasteiger partial charge on any atom is 0.253 e. The fourth-order valence-corrected chi connectivity index (χ4v) is 7.66. The summed E-state index contributed by atoms with van der Waals surface area (Å²) in [6, 6.07) is 17.0. The van der Waals surface area contributed by atoms with Gasteiger partial charge in [0.2, 0.25) is 0 Å². The first kappa shape index (κ1) is 29.6. The number of aromatic nitrogens is 1. The number of ether oxygens (including phenoxy) is 1. The Hall–Kier alpha value is -4.11. The number of rotatable bonds is 7. The van der Waals surface area contributed by atoms with E-state index >= 15 is 0 Å². The first-order chi connectivity index (χ1) is 21.8. The van der Waals surface area contributed by atoms with Crippen LogP contribution < -0.4 is 25.2 Å². The number of piperazine rings is 1. The van der Waals surface area contributed by atoms with Gasteiger partial charge in [0.15, 0.2) is 0 Å². The molecule has 7 rings (SSSR count). The van der Waals surface area contributed by atoms with E-state index in [1.54, 1.807) is 6.20 Å². The predicted octanol–water partition coefficient (Wildman–Crippen LogP) is 4.50. The van der Waals surface area contributed by atoms with Gasteiger partial charge in [0.05, 0.1) is 18.2 Å². The number of nitrogens with zero attached hydrogens (tertiary/aromatic N) is 4. The third kappa shape index (κ3) is 5.98. The minimum absolute atomic E-state index is 0.0163. The summed E-state index contributed by atoms with van der Waals surface area (Å²) in [5.41, 5.74) is 5.70. The second kappa shape index (κ2) is 12.4. The van der Waals surface area contributed by atoms with Gasteiger partial charge in [-0.2, -0.15) is 0 Å². The Morgan fingerprint density at radius 3 is 2.36 bits per heavy atom. The van der Waals surface area contributed by atoms with Gasteiger partial charge in [0, 0.05) is 73.7 Å². The molecule has 2 aromatic carbocycles. The molecular formula is C36H44N6O3. The molecule has 236 valence electrons. The molecule has 9 nitrogen and oxygen atoms in total. The van der Waals surface area contributed by atoms with Crippen molar-refractivity contribution < 1.29 is 14.3 Å². The standard InChI is InChI=1S/C36H44N6O3/c1-23-32(12-6-26-14-19-45-34(23)26)36(44)39-28-20-30-10-11-31(21-28)42(30)33-13-7-27(22-37-33)35(43)38-24(2)25-4-8-29(9-5-25)41-17-15-40(3)16-18-41/h4-9,12-13,22,24,28,30-31H,10-11,14-21H2,1-3H3,(H,38,43)(H,39,44)/t24-,28?,30?,31?/m0/s1. The number of carbonyl (C=O) groups excluding carboxylic acids is 2. The van der Waals surface area contributed by atoms with Crippen LogP contribution in [0.3, 0.4) is 0 Å². The molecule has 1 aromatic heterocycles. The summed E-state index contributed by atoms with van der Waals surface area (Å²) in [6.07, 6.45) is 6.54. The number of fused-ring (bicyclic) bond motifs is 3. The van der Waals surface area contributed by atoms with Gasteiger partial charge in [-0.15, -0.1) is 0 Å². The van der Waals surface area contributed by atoms with Crippen LogP contribution >= 0.6 is 0 Å². The van der Waals surface area contributed by atoms with Crippen molar-refractivity contribution in [3.63, 3.8) is 0 Å². The molecule has 2 bridgehead atoms.